The smallest absolute Gasteiger partial charge is 0.164 e. The van der Waals surface area contributed by atoms with Crippen LogP contribution < -0.4 is 0 Å². The minimum atomic E-state index is 0.305. The molecule has 0 unspecified atom stereocenters. The first-order chi connectivity index (χ1) is 24.5. The van der Waals surface area contributed by atoms with Crippen LogP contribution in [0.2, 0.25) is 0 Å². The number of hydrogen-bond acceptors (Lipinski definition) is 4. The Balaban J connectivity index is 1.03. The van der Waals surface area contributed by atoms with Gasteiger partial charge in [-0.05, 0) is 158 Å². The quantitative estimate of drug-likeness (QED) is 0.190. The minimum Gasteiger partial charge on any atom is -0.208 e. The van der Waals surface area contributed by atoms with Crippen molar-refractivity contribution < 1.29 is 0 Å². The molecule has 8 saturated carbocycles. The van der Waals surface area contributed by atoms with Gasteiger partial charge in [-0.1, -0.05) is 66.7 Å². The molecule has 5 aromatic rings. The minimum absolute atomic E-state index is 0.305. The highest BCUT2D eigenvalue weighted by molar-refractivity contribution is 5.98. The van der Waals surface area contributed by atoms with Crippen LogP contribution in [0.3, 0.4) is 0 Å². The van der Waals surface area contributed by atoms with Crippen LogP contribution in [0.15, 0.2) is 84.9 Å². The topological polar surface area (TPSA) is 62.5 Å². The molecule has 4 nitrogen and oxygen atoms in total. The van der Waals surface area contributed by atoms with Gasteiger partial charge in [0.25, 0.3) is 0 Å². The van der Waals surface area contributed by atoms with E-state index in [2.05, 4.69) is 60.7 Å². The van der Waals surface area contributed by atoms with Gasteiger partial charge in [-0.3, -0.25) is 0 Å². The van der Waals surface area contributed by atoms with Gasteiger partial charge in [0.1, 0.15) is 0 Å². The molecule has 1 heterocycles. The van der Waals surface area contributed by atoms with Gasteiger partial charge >= 0.3 is 0 Å². The molecular weight excluding hydrogens is 609 g/mol. The number of rotatable bonds is 5. The SMILES string of the molecule is N#Cc1ccc(-c2nc(-c3ccc(C45C[C@H]6C[C@@H](C4)C[C@@H](C5)C6)cc3)nc(-c3cccc(C45CC6C[C@H](C4)C[C@@H](C6)C5)c3)n2)c2ccccc12. The fourth-order valence-electron chi connectivity index (χ4n) is 13.2. The van der Waals surface area contributed by atoms with Crippen molar-refractivity contribution in [3.63, 3.8) is 0 Å². The molecule has 0 N–H and O–H groups in total. The van der Waals surface area contributed by atoms with Crippen molar-refractivity contribution in [3.8, 4) is 40.2 Å². The Morgan fingerprint density at radius 2 is 1.00 bits per heavy atom. The molecule has 8 aliphatic rings. The molecule has 13 rings (SSSR count). The number of fused-ring (bicyclic) bond motifs is 1. The number of aromatic nitrogens is 3. The van der Waals surface area contributed by atoms with Crippen LogP contribution in [0.5, 0.6) is 0 Å². The zero-order valence-electron chi connectivity index (χ0n) is 28.8. The summed E-state index contributed by atoms with van der Waals surface area (Å²) in [6.07, 6.45) is 16.8. The fourth-order valence-corrected chi connectivity index (χ4v) is 13.2. The van der Waals surface area contributed by atoms with E-state index in [4.69, 9.17) is 15.0 Å². The van der Waals surface area contributed by atoms with Crippen molar-refractivity contribution in [2.45, 2.75) is 87.9 Å². The Morgan fingerprint density at radius 1 is 0.480 bits per heavy atom. The van der Waals surface area contributed by atoms with E-state index in [0.717, 1.165) is 74.6 Å². The van der Waals surface area contributed by atoms with Crippen LogP contribution in [0, 0.1) is 46.8 Å². The van der Waals surface area contributed by atoms with E-state index in [9.17, 15) is 5.26 Å². The lowest BCUT2D eigenvalue weighted by molar-refractivity contribution is -0.00529. The molecule has 8 bridgehead atoms. The number of benzene rings is 4. The predicted octanol–water partition coefficient (Wildman–Crippen LogP) is 10.8. The first-order valence-corrected chi connectivity index (χ1v) is 19.4. The third-order valence-corrected chi connectivity index (χ3v) is 14.5. The van der Waals surface area contributed by atoms with E-state index in [1.54, 1.807) is 0 Å². The molecule has 0 amide bonds. The fraction of sp³-hybridized carbons (Fsp3) is 0.435. The van der Waals surface area contributed by atoms with Crippen molar-refractivity contribution in [2.24, 2.45) is 35.5 Å². The monoisotopic (exact) mass is 652 g/mol. The van der Waals surface area contributed by atoms with E-state index >= 15 is 0 Å². The maximum Gasteiger partial charge on any atom is 0.164 e. The van der Waals surface area contributed by atoms with E-state index in [-0.39, 0.29) is 0 Å². The summed E-state index contributed by atoms with van der Waals surface area (Å²) >= 11 is 0. The molecule has 0 radical (unpaired) electrons. The second-order valence-corrected chi connectivity index (χ2v) is 17.7. The summed E-state index contributed by atoms with van der Waals surface area (Å²) in [6, 6.07) is 33.1. The predicted molar refractivity (Wildman–Crippen MR) is 198 cm³/mol. The van der Waals surface area contributed by atoms with Gasteiger partial charge in [0.05, 0.1) is 11.6 Å². The number of nitrogens with zero attached hydrogens (tertiary/aromatic N) is 4. The summed E-state index contributed by atoms with van der Waals surface area (Å²) in [5, 5.41) is 11.8. The number of nitriles is 1. The molecule has 50 heavy (non-hydrogen) atoms. The molecule has 0 atom stereocenters. The largest absolute Gasteiger partial charge is 0.208 e. The standard InChI is InChI=1S/C46H44N4/c47-27-36-10-13-41(40-7-2-1-6-39(36)40)44-49-42(34-8-11-37(12-9-34)45-21-28-14-29(22-45)16-30(15-28)23-45)48-43(50-44)35-4-3-5-38(20-35)46-24-31-17-32(25-46)19-33(18-31)26-46/h1-13,20,28-33H,14-19,21-26H2/t28-,29+,30-,31-,32+,33?,45?,46?. The highest BCUT2D eigenvalue weighted by atomic mass is 15.0. The average Bonchev–Trinajstić information content (AvgIpc) is 3.13. The molecule has 4 heteroatoms. The van der Waals surface area contributed by atoms with Gasteiger partial charge in [-0.25, -0.2) is 15.0 Å². The molecule has 8 aliphatic carbocycles. The van der Waals surface area contributed by atoms with Gasteiger partial charge < -0.3 is 0 Å². The van der Waals surface area contributed by atoms with E-state index in [0.29, 0.717) is 22.2 Å². The van der Waals surface area contributed by atoms with Gasteiger partial charge in [0.2, 0.25) is 0 Å². The summed E-state index contributed by atoms with van der Waals surface area (Å²) in [7, 11) is 0. The Bertz CT molecular complexity index is 2140. The zero-order chi connectivity index (χ0) is 33.0. The van der Waals surface area contributed by atoms with Crippen LogP contribution in [0.1, 0.15) is 93.7 Å². The summed E-state index contributed by atoms with van der Waals surface area (Å²) in [4.78, 5) is 15.7. The maximum atomic E-state index is 9.89. The lowest BCUT2D eigenvalue weighted by Gasteiger charge is -2.57. The average molecular weight is 653 g/mol. The van der Waals surface area contributed by atoms with E-state index in [1.165, 1.54) is 88.2 Å². The van der Waals surface area contributed by atoms with E-state index in [1.807, 2.05) is 30.3 Å². The summed E-state index contributed by atoms with van der Waals surface area (Å²) in [5.74, 6) is 7.56. The third-order valence-electron chi connectivity index (χ3n) is 14.5. The Labute approximate surface area is 295 Å². The lowest BCUT2D eigenvalue weighted by Crippen LogP contribution is -2.48. The molecular formula is C46H44N4. The van der Waals surface area contributed by atoms with Crippen LogP contribution in [-0.4, -0.2) is 15.0 Å². The summed E-state index contributed by atoms with van der Waals surface area (Å²) in [5.41, 5.74) is 7.40. The molecule has 0 spiro atoms. The number of hydrogen-bond donors (Lipinski definition) is 0. The van der Waals surface area contributed by atoms with Crippen LogP contribution >= 0.6 is 0 Å². The van der Waals surface area contributed by atoms with Crippen molar-refractivity contribution in [2.75, 3.05) is 0 Å². The molecule has 1 aromatic heterocycles. The van der Waals surface area contributed by atoms with Crippen molar-refractivity contribution in [3.05, 3.63) is 102 Å². The molecule has 8 fully saturated rings. The van der Waals surface area contributed by atoms with Gasteiger partial charge in [0.15, 0.2) is 17.5 Å². The van der Waals surface area contributed by atoms with Crippen LogP contribution in [-0.2, 0) is 10.8 Å². The van der Waals surface area contributed by atoms with Crippen molar-refractivity contribution >= 4 is 10.8 Å². The highest BCUT2D eigenvalue weighted by Crippen LogP contribution is 2.62. The van der Waals surface area contributed by atoms with Crippen molar-refractivity contribution in [1.29, 1.82) is 5.26 Å². The van der Waals surface area contributed by atoms with Gasteiger partial charge in [-0.2, -0.15) is 5.26 Å². The maximum absolute atomic E-state index is 9.89. The summed E-state index contributed by atoms with van der Waals surface area (Å²) < 4.78 is 0. The Kier molecular flexibility index (Phi) is 6.36. The Morgan fingerprint density at radius 3 is 1.58 bits per heavy atom. The summed E-state index contributed by atoms with van der Waals surface area (Å²) in [6.45, 7) is 0. The highest BCUT2D eigenvalue weighted by Gasteiger charge is 2.52. The van der Waals surface area contributed by atoms with Gasteiger partial charge in [-0.15, -0.1) is 0 Å². The van der Waals surface area contributed by atoms with Gasteiger partial charge in [0, 0.05) is 22.1 Å². The molecule has 248 valence electrons. The van der Waals surface area contributed by atoms with Crippen LogP contribution in [0.25, 0.3) is 44.9 Å². The zero-order valence-corrected chi connectivity index (χ0v) is 28.8. The Hall–Kier alpha value is -4.36. The normalized spacial score (nSPS) is 33.2. The molecule has 4 aromatic carbocycles. The van der Waals surface area contributed by atoms with Crippen LogP contribution in [0.4, 0.5) is 0 Å². The third kappa shape index (κ3) is 4.58. The molecule has 0 saturated heterocycles. The van der Waals surface area contributed by atoms with Crippen molar-refractivity contribution in [1.82, 2.24) is 15.0 Å². The first kappa shape index (κ1) is 29.4. The lowest BCUT2D eigenvalue weighted by atomic mass is 9.48. The second-order valence-electron chi connectivity index (χ2n) is 17.7. The first-order valence-electron chi connectivity index (χ1n) is 19.4. The van der Waals surface area contributed by atoms with E-state index < -0.39 is 0 Å². The second kappa shape index (κ2) is 10.8. The molecule has 0 aliphatic heterocycles.